The number of anilines is 1. The highest BCUT2D eigenvalue weighted by molar-refractivity contribution is 7.90. The molecule has 2 N–H and O–H groups in total. The number of piperidine rings is 1. The summed E-state index contributed by atoms with van der Waals surface area (Å²) in [6, 6.07) is 12.9. The number of phenolic OH excluding ortho intramolecular Hbond substituents is 1. The Morgan fingerprint density at radius 2 is 1.87 bits per heavy atom. The third-order valence-corrected chi connectivity index (χ3v) is 6.97. The number of sulfone groups is 1. The third-order valence-electron chi connectivity index (χ3n) is 5.86. The fourth-order valence-electron chi connectivity index (χ4n) is 4.14. The van der Waals surface area contributed by atoms with Crippen LogP contribution in [0.1, 0.15) is 26.7 Å². The van der Waals surface area contributed by atoms with Gasteiger partial charge in [0.2, 0.25) is 0 Å². The smallest absolute Gasteiger partial charge is 0.175 e. The fraction of sp³-hybridized carbons (Fsp3) is 0.391. The Kier molecular flexibility index (Phi) is 5.85. The van der Waals surface area contributed by atoms with Crippen LogP contribution in [0, 0.1) is 0 Å². The second-order valence-electron chi connectivity index (χ2n) is 8.47. The van der Waals surface area contributed by atoms with E-state index in [0.717, 1.165) is 48.8 Å². The number of likely N-dealkylation sites (tertiary alicyclic amines) is 1. The molecular weight excluding hydrogens is 412 g/mol. The normalized spacial score (nSPS) is 17.9. The Labute approximate surface area is 183 Å². The molecule has 3 aromatic rings. The number of aromatic nitrogens is 2. The number of hydrogen-bond acceptors (Lipinski definition) is 7. The van der Waals surface area contributed by atoms with Crippen LogP contribution in [0.5, 0.6) is 5.75 Å². The lowest BCUT2D eigenvalue weighted by molar-refractivity contribution is 0.175. The predicted octanol–water partition coefficient (Wildman–Crippen LogP) is 3.69. The van der Waals surface area contributed by atoms with Crippen LogP contribution < -0.4 is 5.32 Å². The lowest BCUT2D eigenvalue weighted by Crippen LogP contribution is -2.45. The van der Waals surface area contributed by atoms with E-state index < -0.39 is 9.84 Å². The first-order chi connectivity index (χ1) is 14.7. The summed E-state index contributed by atoms with van der Waals surface area (Å²) >= 11 is 0. The number of nitrogens with one attached hydrogen (secondary N) is 1. The van der Waals surface area contributed by atoms with Crippen molar-refractivity contribution in [3.63, 3.8) is 0 Å². The molecule has 2 heterocycles. The summed E-state index contributed by atoms with van der Waals surface area (Å²) in [4.78, 5) is 2.53. The maximum atomic E-state index is 11.8. The van der Waals surface area contributed by atoms with Crippen LogP contribution in [-0.4, -0.2) is 60.1 Å². The molecule has 31 heavy (non-hydrogen) atoms. The molecule has 7 nitrogen and oxygen atoms in total. The zero-order valence-electron chi connectivity index (χ0n) is 18.0. The number of rotatable bonds is 5. The van der Waals surface area contributed by atoms with E-state index in [0.29, 0.717) is 23.3 Å². The van der Waals surface area contributed by atoms with E-state index in [2.05, 4.69) is 34.3 Å². The van der Waals surface area contributed by atoms with Gasteiger partial charge in [0.15, 0.2) is 15.7 Å². The van der Waals surface area contributed by atoms with Gasteiger partial charge in [0.25, 0.3) is 0 Å². The highest BCUT2D eigenvalue weighted by atomic mass is 32.2. The van der Waals surface area contributed by atoms with Crippen molar-refractivity contribution in [1.29, 1.82) is 0 Å². The van der Waals surface area contributed by atoms with Gasteiger partial charge in [-0.15, -0.1) is 10.2 Å². The van der Waals surface area contributed by atoms with E-state index in [-0.39, 0.29) is 10.6 Å². The van der Waals surface area contributed by atoms with Crippen molar-refractivity contribution >= 4 is 26.4 Å². The summed E-state index contributed by atoms with van der Waals surface area (Å²) in [5.41, 5.74) is 0.970. The number of benzene rings is 2. The Balaban J connectivity index is 1.71. The maximum Gasteiger partial charge on any atom is 0.175 e. The van der Waals surface area contributed by atoms with Crippen LogP contribution in [-0.2, 0) is 9.84 Å². The summed E-state index contributed by atoms with van der Waals surface area (Å²) in [5.74, 6) is 0.588. The second-order valence-corrected chi connectivity index (χ2v) is 10.5. The molecular formula is C23H28N4O3S. The SMILES string of the molecule is CC(C)N1CCC[C@H](Nc2nnc(-c3ccc(S(C)(=O)=O)cc3O)c3ccccc23)C1. The van der Waals surface area contributed by atoms with Gasteiger partial charge >= 0.3 is 0 Å². The molecule has 0 bridgehead atoms. The summed E-state index contributed by atoms with van der Waals surface area (Å²) in [6.07, 6.45) is 3.33. The monoisotopic (exact) mass is 440 g/mol. The first-order valence-corrected chi connectivity index (χ1v) is 12.4. The zero-order valence-corrected chi connectivity index (χ0v) is 18.9. The van der Waals surface area contributed by atoms with Gasteiger partial charge in [-0.05, 0) is 51.4 Å². The lowest BCUT2D eigenvalue weighted by atomic mass is 10.0. The summed E-state index contributed by atoms with van der Waals surface area (Å²) in [7, 11) is -3.41. The molecule has 0 saturated carbocycles. The first kappa shape index (κ1) is 21.5. The molecule has 164 valence electrons. The van der Waals surface area contributed by atoms with Crippen molar-refractivity contribution in [2.24, 2.45) is 0 Å². The maximum absolute atomic E-state index is 11.8. The van der Waals surface area contributed by atoms with Crippen LogP contribution in [0.25, 0.3) is 22.0 Å². The van der Waals surface area contributed by atoms with E-state index in [1.807, 2.05) is 24.3 Å². The molecule has 1 aliphatic rings. The van der Waals surface area contributed by atoms with Gasteiger partial charge < -0.3 is 10.4 Å². The summed E-state index contributed by atoms with van der Waals surface area (Å²) in [6.45, 7) is 6.51. The minimum Gasteiger partial charge on any atom is -0.507 e. The molecule has 1 fully saturated rings. The van der Waals surface area contributed by atoms with Crippen molar-refractivity contribution in [1.82, 2.24) is 15.1 Å². The quantitative estimate of drug-likeness (QED) is 0.625. The Hall–Kier alpha value is -2.71. The topological polar surface area (TPSA) is 95.4 Å². The molecule has 0 aliphatic carbocycles. The minimum atomic E-state index is -3.41. The largest absolute Gasteiger partial charge is 0.507 e. The van der Waals surface area contributed by atoms with Crippen molar-refractivity contribution in [2.45, 2.75) is 43.7 Å². The predicted molar refractivity (Wildman–Crippen MR) is 123 cm³/mol. The molecule has 0 spiro atoms. The van der Waals surface area contributed by atoms with Gasteiger partial charge in [0.1, 0.15) is 11.4 Å². The van der Waals surface area contributed by atoms with Gasteiger partial charge in [-0.2, -0.15) is 0 Å². The molecule has 1 atom stereocenters. The van der Waals surface area contributed by atoms with Crippen LogP contribution >= 0.6 is 0 Å². The van der Waals surface area contributed by atoms with Gasteiger partial charge in [-0.3, -0.25) is 4.90 Å². The number of aromatic hydroxyl groups is 1. The van der Waals surface area contributed by atoms with E-state index >= 15 is 0 Å². The van der Waals surface area contributed by atoms with E-state index in [9.17, 15) is 13.5 Å². The summed E-state index contributed by atoms with van der Waals surface area (Å²) < 4.78 is 23.6. The fourth-order valence-corrected chi connectivity index (χ4v) is 4.78. The lowest BCUT2D eigenvalue weighted by Gasteiger charge is -2.36. The Bertz CT molecular complexity index is 1210. The van der Waals surface area contributed by atoms with Crippen LogP contribution in [0.3, 0.4) is 0 Å². The van der Waals surface area contributed by atoms with E-state index in [1.54, 1.807) is 6.07 Å². The van der Waals surface area contributed by atoms with Gasteiger partial charge in [-0.25, -0.2) is 8.42 Å². The molecule has 0 unspecified atom stereocenters. The minimum absolute atomic E-state index is 0.0660. The first-order valence-electron chi connectivity index (χ1n) is 10.5. The van der Waals surface area contributed by atoms with Crippen LogP contribution in [0.4, 0.5) is 5.82 Å². The molecule has 1 saturated heterocycles. The molecule has 2 aromatic carbocycles. The number of hydrogen-bond donors (Lipinski definition) is 2. The van der Waals surface area contributed by atoms with E-state index in [1.165, 1.54) is 12.1 Å². The van der Waals surface area contributed by atoms with E-state index in [4.69, 9.17) is 0 Å². The average molecular weight is 441 g/mol. The van der Waals surface area contributed by atoms with Gasteiger partial charge in [0.05, 0.1) is 4.90 Å². The Morgan fingerprint density at radius 3 is 2.55 bits per heavy atom. The standard InChI is InChI=1S/C23H28N4O3S/c1-15(2)27-12-6-7-16(14-27)24-23-19-9-5-4-8-18(19)22(25-26-23)20-11-10-17(13-21(20)28)31(3,29)30/h4-5,8-11,13,15-16,28H,6-7,12,14H2,1-3H3,(H,24,26)/t16-/m0/s1. The molecule has 1 aliphatic heterocycles. The van der Waals surface area contributed by atoms with Crippen molar-refractivity contribution in [2.75, 3.05) is 24.7 Å². The number of fused-ring (bicyclic) bond motifs is 1. The molecule has 1 aromatic heterocycles. The van der Waals surface area contributed by atoms with Gasteiger partial charge in [-0.1, -0.05) is 24.3 Å². The number of phenols is 1. The highest BCUT2D eigenvalue weighted by Gasteiger charge is 2.23. The third kappa shape index (κ3) is 4.50. The Morgan fingerprint density at radius 1 is 1.13 bits per heavy atom. The highest BCUT2D eigenvalue weighted by Crippen LogP contribution is 2.36. The van der Waals surface area contributed by atoms with Crippen LogP contribution in [0.15, 0.2) is 47.4 Å². The van der Waals surface area contributed by atoms with Crippen molar-refractivity contribution in [3.05, 3.63) is 42.5 Å². The average Bonchev–Trinajstić information content (AvgIpc) is 2.74. The molecule has 0 amide bonds. The zero-order chi connectivity index (χ0) is 22.2. The second kappa shape index (κ2) is 8.43. The summed E-state index contributed by atoms with van der Waals surface area (Å²) in [5, 5.41) is 24.7. The van der Waals surface area contributed by atoms with Crippen LogP contribution in [0.2, 0.25) is 0 Å². The van der Waals surface area contributed by atoms with Crippen molar-refractivity contribution in [3.8, 4) is 17.0 Å². The number of nitrogens with zero attached hydrogens (tertiary/aromatic N) is 3. The molecule has 4 rings (SSSR count). The molecule has 0 radical (unpaired) electrons. The van der Waals surface area contributed by atoms with Gasteiger partial charge in [0, 0.05) is 41.2 Å². The van der Waals surface area contributed by atoms with Crippen molar-refractivity contribution < 1.29 is 13.5 Å². The molecule has 8 heteroatoms.